The van der Waals surface area contributed by atoms with E-state index >= 15 is 0 Å². The molecule has 0 amide bonds. The molecule has 0 spiro atoms. The van der Waals surface area contributed by atoms with Crippen LogP contribution in [-0.2, 0) is 4.79 Å². The van der Waals surface area contributed by atoms with Crippen LogP contribution >= 0.6 is 0 Å². The van der Waals surface area contributed by atoms with Crippen LogP contribution in [0.25, 0.3) is 0 Å². The van der Waals surface area contributed by atoms with Crippen molar-refractivity contribution in [2.45, 2.75) is 44.9 Å². The van der Waals surface area contributed by atoms with Crippen molar-refractivity contribution in [1.82, 2.24) is 0 Å². The highest BCUT2D eigenvalue weighted by molar-refractivity contribution is 5.67. The van der Waals surface area contributed by atoms with Crippen LogP contribution in [0, 0.1) is 12.8 Å². The van der Waals surface area contributed by atoms with Crippen molar-refractivity contribution in [2.24, 2.45) is 5.92 Å². The molecule has 1 aliphatic rings. The van der Waals surface area contributed by atoms with Crippen LogP contribution in [-0.4, -0.2) is 11.1 Å². The van der Waals surface area contributed by atoms with E-state index in [1.807, 2.05) is 0 Å². The zero-order chi connectivity index (χ0) is 12.3. The Bertz CT molecular complexity index is 372. The summed E-state index contributed by atoms with van der Waals surface area (Å²) in [4.78, 5) is 10.7. The van der Waals surface area contributed by atoms with Crippen molar-refractivity contribution < 1.29 is 9.90 Å². The molecule has 1 fully saturated rings. The van der Waals surface area contributed by atoms with Crippen molar-refractivity contribution in [3.05, 3.63) is 35.4 Å². The number of aliphatic carboxylic acids is 1. The molecule has 2 nitrogen and oxygen atoms in total. The first-order valence-electron chi connectivity index (χ1n) is 6.43. The summed E-state index contributed by atoms with van der Waals surface area (Å²) in [6, 6.07) is 8.77. The Balaban J connectivity index is 1.90. The molecule has 1 aromatic carbocycles. The average Bonchev–Trinajstić information content (AvgIpc) is 2.30. The zero-order valence-electron chi connectivity index (χ0n) is 10.4. The second kappa shape index (κ2) is 5.35. The van der Waals surface area contributed by atoms with Gasteiger partial charge in [-0.25, -0.2) is 0 Å². The molecule has 92 valence electrons. The smallest absolute Gasteiger partial charge is 0.303 e. The molecule has 2 heteroatoms. The number of rotatable bonds is 3. The quantitative estimate of drug-likeness (QED) is 0.861. The zero-order valence-corrected chi connectivity index (χ0v) is 10.4. The third-order valence-corrected chi connectivity index (χ3v) is 3.86. The van der Waals surface area contributed by atoms with Crippen molar-refractivity contribution in [1.29, 1.82) is 0 Å². The summed E-state index contributed by atoms with van der Waals surface area (Å²) in [7, 11) is 0. The van der Waals surface area contributed by atoms with Gasteiger partial charge in [0.15, 0.2) is 0 Å². The molecule has 0 bridgehead atoms. The van der Waals surface area contributed by atoms with Gasteiger partial charge in [-0.1, -0.05) is 29.8 Å². The van der Waals surface area contributed by atoms with E-state index in [0.717, 1.165) is 25.7 Å². The minimum Gasteiger partial charge on any atom is -0.481 e. The van der Waals surface area contributed by atoms with Gasteiger partial charge in [-0.3, -0.25) is 4.79 Å². The fourth-order valence-electron chi connectivity index (χ4n) is 2.79. The van der Waals surface area contributed by atoms with E-state index in [-0.39, 0.29) is 0 Å². The van der Waals surface area contributed by atoms with Gasteiger partial charge in [0, 0.05) is 6.42 Å². The van der Waals surface area contributed by atoms with Crippen LogP contribution in [0.3, 0.4) is 0 Å². The lowest BCUT2D eigenvalue weighted by Gasteiger charge is -2.28. The summed E-state index contributed by atoms with van der Waals surface area (Å²) in [5.41, 5.74) is 2.72. The molecule has 0 unspecified atom stereocenters. The molecular formula is C15H20O2. The van der Waals surface area contributed by atoms with Gasteiger partial charge in [0.1, 0.15) is 0 Å². The van der Waals surface area contributed by atoms with Crippen LogP contribution < -0.4 is 0 Å². The maximum absolute atomic E-state index is 10.7. The van der Waals surface area contributed by atoms with Gasteiger partial charge in [0.05, 0.1) is 0 Å². The van der Waals surface area contributed by atoms with Crippen molar-refractivity contribution >= 4 is 5.97 Å². The molecule has 0 heterocycles. The highest BCUT2D eigenvalue weighted by Gasteiger charge is 2.23. The Kier molecular flexibility index (Phi) is 3.82. The van der Waals surface area contributed by atoms with E-state index in [4.69, 9.17) is 5.11 Å². The molecule has 0 aliphatic heterocycles. The van der Waals surface area contributed by atoms with Crippen LogP contribution in [0.1, 0.15) is 49.1 Å². The van der Waals surface area contributed by atoms with Crippen LogP contribution in [0.5, 0.6) is 0 Å². The van der Waals surface area contributed by atoms with E-state index < -0.39 is 5.97 Å². The predicted molar refractivity (Wildman–Crippen MR) is 68.1 cm³/mol. The summed E-state index contributed by atoms with van der Waals surface area (Å²) in [5, 5.41) is 8.78. The monoisotopic (exact) mass is 232 g/mol. The normalized spacial score (nSPS) is 24.5. The van der Waals surface area contributed by atoms with Gasteiger partial charge in [0.2, 0.25) is 0 Å². The summed E-state index contributed by atoms with van der Waals surface area (Å²) in [6.07, 6.45) is 4.75. The Labute approximate surface area is 103 Å². The standard InChI is InChI=1S/C15H20O2/c1-11-2-6-13(7-3-11)14-8-4-12(5-9-14)10-15(16)17/h2-3,6-7,12,14H,4-5,8-10H2,1H3,(H,16,17). The molecule has 1 saturated carbocycles. The molecular weight excluding hydrogens is 212 g/mol. The molecule has 0 aromatic heterocycles. The first kappa shape index (κ1) is 12.2. The third kappa shape index (κ3) is 3.32. The highest BCUT2D eigenvalue weighted by atomic mass is 16.4. The van der Waals surface area contributed by atoms with Crippen LogP contribution in [0.2, 0.25) is 0 Å². The van der Waals surface area contributed by atoms with E-state index in [9.17, 15) is 4.79 Å². The molecule has 1 aromatic rings. The first-order chi connectivity index (χ1) is 8.15. The average molecular weight is 232 g/mol. The van der Waals surface area contributed by atoms with Gasteiger partial charge in [-0.05, 0) is 50.0 Å². The largest absolute Gasteiger partial charge is 0.481 e. The van der Waals surface area contributed by atoms with Crippen molar-refractivity contribution in [3.8, 4) is 0 Å². The summed E-state index contributed by atoms with van der Waals surface area (Å²) in [6.45, 7) is 2.10. The fraction of sp³-hybridized carbons (Fsp3) is 0.533. The lowest BCUT2D eigenvalue weighted by Crippen LogP contribution is -2.16. The maximum atomic E-state index is 10.7. The number of hydrogen-bond acceptors (Lipinski definition) is 1. The van der Waals surface area contributed by atoms with E-state index in [1.165, 1.54) is 11.1 Å². The molecule has 0 radical (unpaired) electrons. The summed E-state index contributed by atoms with van der Waals surface area (Å²) < 4.78 is 0. The van der Waals surface area contributed by atoms with Gasteiger partial charge >= 0.3 is 5.97 Å². The number of carbonyl (C=O) groups is 1. The van der Waals surface area contributed by atoms with E-state index in [0.29, 0.717) is 18.3 Å². The van der Waals surface area contributed by atoms with Gasteiger partial charge in [-0.15, -0.1) is 0 Å². The number of benzene rings is 1. The van der Waals surface area contributed by atoms with Crippen LogP contribution in [0.4, 0.5) is 0 Å². The van der Waals surface area contributed by atoms with E-state index in [1.54, 1.807) is 0 Å². The predicted octanol–water partition coefficient (Wildman–Crippen LogP) is 3.74. The van der Waals surface area contributed by atoms with Crippen molar-refractivity contribution in [3.63, 3.8) is 0 Å². The summed E-state index contributed by atoms with van der Waals surface area (Å²) >= 11 is 0. The summed E-state index contributed by atoms with van der Waals surface area (Å²) in [5.74, 6) is 0.388. The molecule has 0 saturated heterocycles. The lowest BCUT2D eigenvalue weighted by molar-refractivity contribution is -0.138. The molecule has 1 aliphatic carbocycles. The lowest BCUT2D eigenvalue weighted by atomic mass is 9.77. The van der Waals surface area contributed by atoms with Gasteiger partial charge in [-0.2, -0.15) is 0 Å². The Morgan fingerprint density at radius 1 is 1.18 bits per heavy atom. The minimum absolute atomic E-state index is 0.348. The first-order valence-corrected chi connectivity index (χ1v) is 6.43. The molecule has 17 heavy (non-hydrogen) atoms. The number of hydrogen-bond donors (Lipinski definition) is 1. The Morgan fingerprint density at radius 2 is 1.76 bits per heavy atom. The second-order valence-corrected chi connectivity index (χ2v) is 5.23. The Hall–Kier alpha value is -1.31. The Morgan fingerprint density at radius 3 is 2.29 bits per heavy atom. The SMILES string of the molecule is Cc1ccc(C2CCC(CC(=O)O)CC2)cc1. The number of carboxylic acid groups (broad SMARTS) is 1. The molecule has 1 N–H and O–H groups in total. The van der Waals surface area contributed by atoms with E-state index in [2.05, 4.69) is 31.2 Å². The topological polar surface area (TPSA) is 37.3 Å². The molecule has 0 atom stereocenters. The second-order valence-electron chi connectivity index (χ2n) is 5.23. The third-order valence-electron chi connectivity index (χ3n) is 3.86. The fourth-order valence-corrected chi connectivity index (χ4v) is 2.79. The van der Waals surface area contributed by atoms with Gasteiger partial charge < -0.3 is 5.11 Å². The van der Waals surface area contributed by atoms with Crippen LogP contribution in [0.15, 0.2) is 24.3 Å². The molecule has 2 rings (SSSR count). The van der Waals surface area contributed by atoms with Crippen molar-refractivity contribution in [2.75, 3.05) is 0 Å². The number of aryl methyl sites for hydroxylation is 1. The maximum Gasteiger partial charge on any atom is 0.303 e. The highest BCUT2D eigenvalue weighted by Crippen LogP contribution is 2.36. The van der Waals surface area contributed by atoms with Gasteiger partial charge in [0.25, 0.3) is 0 Å². The number of carboxylic acids is 1. The minimum atomic E-state index is -0.649.